The van der Waals surface area contributed by atoms with Gasteiger partial charge in [0.1, 0.15) is 5.78 Å². The SMILES string of the molecule is CCCCCCCC(C(C)=O)C(O)(F)C(C)=O. The topological polar surface area (TPSA) is 54.4 Å². The molecule has 0 saturated carbocycles. The average molecular weight is 246 g/mol. The quantitative estimate of drug-likeness (QED) is 0.636. The molecule has 0 aliphatic carbocycles. The zero-order chi connectivity index (χ0) is 13.5. The number of rotatable bonds is 9. The third kappa shape index (κ3) is 5.39. The van der Waals surface area contributed by atoms with Crippen LogP contribution in [-0.4, -0.2) is 22.5 Å². The van der Waals surface area contributed by atoms with Crippen LogP contribution in [0.25, 0.3) is 0 Å². The van der Waals surface area contributed by atoms with Crippen LogP contribution in [0.3, 0.4) is 0 Å². The molecule has 0 amide bonds. The van der Waals surface area contributed by atoms with Crippen molar-refractivity contribution in [2.24, 2.45) is 5.92 Å². The van der Waals surface area contributed by atoms with Crippen molar-refractivity contribution < 1.29 is 19.1 Å². The number of alkyl halides is 1. The average Bonchev–Trinajstić information content (AvgIpc) is 2.22. The van der Waals surface area contributed by atoms with Gasteiger partial charge in [-0.2, -0.15) is 0 Å². The molecule has 0 aliphatic heterocycles. The fourth-order valence-electron chi connectivity index (χ4n) is 1.86. The highest BCUT2D eigenvalue weighted by molar-refractivity contribution is 5.91. The molecule has 4 heteroatoms. The Kier molecular flexibility index (Phi) is 7.19. The molecule has 0 rings (SSSR count). The van der Waals surface area contributed by atoms with E-state index >= 15 is 0 Å². The zero-order valence-corrected chi connectivity index (χ0v) is 11.0. The Morgan fingerprint density at radius 1 is 1.18 bits per heavy atom. The van der Waals surface area contributed by atoms with Gasteiger partial charge in [-0.25, -0.2) is 4.39 Å². The first-order valence-electron chi connectivity index (χ1n) is 6.26. The van der Waals surface area contributed by atoms with E-state index in [0.717, 1.165) is 32.6 Å². The molecule has 1 N–H and O–H groups in total. The molecular formula is C13H23FO3. The molecule has 2 unspecified atom stereocenters. The molecule has 0 aliphatic rings. The minimum atomic E-state index is -3.00. The number of carbonyl (C=O) groups excluding carboxylic acids is 2. The van der Waals surface area contributed by atoms with Crippen molar-refractivity contribution in [2.45, 2.75) is 65.2 Å². The van der Waals surface area contributed by atoms with Gasteiger partial charge in [-0.3, -0.25) is 9.59 Å². The summed E-state index contributed by atoms with van der Waals surface area (Å²) in [7, 11) is 0. The number of carbonyl (C=O) groups is 2. The molecule has 0 saturated heterocycles. The molecule has 2 atom stereocenters. The van der Waals surface area contributed by atoms with Gasteiger partial charge < -0.3 is 5.11 Å². The molecule has 0 bridgehead atoms. The first kappa shape index (κ1) is 16.2. The molecule has 0 radical (unpaired) electrons. The van der Waals surface area contributed by atoms with Crippen LogP contribution in [0.2, 0.25) is 0 Å². The maximum absolute atomic E-state index is 13.7. The molecule has 0 aromatic carbocycles. The highest BCUT2D eigenvalue weighted by Gasteiger charge is 2.43. The smallest absolute Gasteiger partial charge is 0.275 e. The number of aliphatic hydroxyl groups is 1. The predicted octanol–water partition coefficient (Wildman–Crippen LogP) is 2.80. The van der Waals surface area contributed by atoms with Crippen molar-refractivity contribution in [2.75, 3.05) is 0 Å². The van der Waals surface area contributed by atoms with E-state index in [9.17, 15) is 19.1 Å². The minimum Gasteiger partial charge on any atom is -0.355 e. The Bertz CT molecular complexity index is 261. The van der Waals surface area contributed by atoms with Gasteiger partial charge in [-0.05, 0) is 13.3 Å². The Morgan fingerprint density at radius 2 is 1.71 bits per heavy atom. The van der Waals surface area contributed by atoms with E-state index in [0.29, 0.717) is 6.42 Å². The summed E-state index contributed by atoms with van der Waals surface area (Å²) in [6.07, 6.45) is 5.03. The standard InChI is InChI=1S/C13H23FO3/c1-4-5-6-7-8-9-12(10(2)15)13(14,17)11(3)16/h12,17H,4-9H2,1-3H3. The molecule has 3 nitrogen and oxygen atoms in total. The van der Waals surface area contributed by atoms with Crippen molar-refractivity contribution in [1.29, 1.82) is 0 Å². The minimum absolute atomic E-state index is 0.228. The van der Waals surface area contributed by atoms with Gasteiger partial charge in [0.2, 0.25) is 0 Å². The number of hydrogen-bond donors (Lipinski definition) is 1. The molecular weight excluding hydrogens is 223 g/mol. The van der Waals surface area contributed by atoms with Crippen LogP contribution in [-0.2, 0) is 9.59 Å². The Hall–Kier alpha value is -0.770. The Balaban J connectivity index is 4.27. The van der Waals surface area contributed by atoms with Crippen LogP contribution in [0.1, 0.15) is 59.3 Å². The van der Waals surface area contributed by atoms with Crippen molar-refractivity contribution in [3.8, 4) is 0 Å². The van der Waals surface area contributed by atoms with Gasteiger partial charge in [0, 0.05) is 6.92 Å². The van der Waals surface area contributed by atoms with Crippen LogP contribution in [0.5, 0.6) is 0 Å². The molecule has 0 fully saturated rings. The van der Waals surface area contributed by atoms with Crippen LogP contribution < -0.4 is 0 Å². The third-order valence-corrected chi connectivity index (χ3v) is 3.04. The van der Waals surface area contributed by atoms with Gasteiger partial charge >= 0.3 is 0 Å². The predicted molar refractivity (Wildman–Crippen MR) is 64.3 cm³/mol. The second-order valence-electron chi connectivity index (χ2n) is 4.60. The summed E-state index contributed by atoms with van der Waals surface area (Å²) >= 11 is 0. The lowest BCUT2D eigenvalue weighted by molar-refractivity contribution is -0.174. The lowest BCUT2D eigenvalue weighted by Crippen LogP contribution is -2.43. The third-order valence-electron chi connectivity index (χ3n) is 3.04. The summed E-state index contributed by atoms with van der Waals surface area (Å²) in [4.78, 5) is 22.2. The second-order valence-corrected chi connectivity index (χ2v) is 4.60. The highest BCUT2D eigenvalue weighted by Crippen LogP contribution is 2.27. The first-order chi connectivity index (χ1) is 7.84. The van der Waals surface area contributed by atoms with Crippen LogP contribution in [0, 0.1) is 5.92 Å². The van der Waals surface area contributed by atoms with Gasteiger partial charge in [0.05, 0.1) is 5.92 Å². The van der Waals surface area contributed by atoms with Crippen molar-refractivity contribution in [1.82, 2.24) is 0 Å². The number of Topliss-reactive ketones (excluding diaryl/α,β-unsaturated/α-hetero) is 2. The first-order valence-corrected chi connectivity index (χ1v) is 6.26. The number of unbranched alkanes of at least 4 members (excludes halogenated alkanes) is 4. The summed E-state index contributed by atoms with van der Waals surface area (Å²) in [5.41, 5.74) is 0. The normalized spacial score (nSPS) is 16.3. The summed E-state index contributed by atoms with van der Waals surface area (Å²) in [6, 6.07) is 0. The fourth-order valence-corrected chi connectivity index (χ4v) is 1.86. The van der Waals surface area contributed by atoms with E-state index in [2.05, 4.69) is 6.92 Å². The van der Waals surface area contributed by atoms with Gasteiger partial charge in [0.25, 0.3) is 5.85 Å². The van der Waals surface area contributed by atoms with Crippen LogP contribution in [0.15, 0.2) is 0 Å². The van der Waals surface area contributed by atoms with E-state index in [1.54, 1.807) is 0 Å². The summed E-state index contributed by atoms with van der Waals surface area (Å²) in [6.45, 7) is 4.27. The van der Waals surface area contributed by atoms with Gasteiger partial charge in [0.15, 0.2) is 5.78 Å². The van der Waals surface area contributed by atoms with E-state index in [1.165, 1.54) is 6.92 Å². The number of ketones is 2. The van der Waals surface area contributed by atoms with Crippen molar-refractivity contribution in [3.05, 3.63) is 0 Å². The second kappa shape index (κ2) is 7.54. The largest absolute Gasteiger partial charge is 0.355 e. The lowest BCUT2D eigenvalue weighted by atomic mass is 9.88. The van der Waals surface area contributed by atoms with Crippen LogP contribution in [0.4, 0.5) is 4.39 Å². The summed E-state index contributed by atoms with van der Waals surface area (Å²) in [5.74, 6) is -5.69. The molecule has 0 aromatic rings. The van der Waals surface area contributed by atoms with E-state index < -0.39 is 23.3 Å². The zero-order valence-electron chi connectivity index (χ0n) is 11.0. The molecule has 0 aromatic heterocycles. The highest BCUT2D eigenvalue weighted by atomic mass is 19.2. The van der Waals surface area contributed by atoms with Gasteiger partial charge in [-0.1, -0.05) is 39.0 Å². The number of halogens is 1. The van der Waals surface area contributed by atoms with E-state index in [1.807, 2.05) is 0 Å². The summed E-state index contributed by atoms with van der Waals surface area (Å²) in [5, 5.41) is 9.39. The lowest BCUT2D eigenvalue weighted by Gasteiger charge is -2.24. The van der Waals surface area contributed by atoms with Gasteiger partial charge in [-0.15, -0.1) is 0 Å². The maximum atomic E-state index is 13.7. The summed E-state index contributed by atoms with van der Waals surface area (Å²) < 4.78 is 13.7. The fraction of sp³-hybridized carbons (Fsp3) is 0.846. The molecule has 17 heavy (non-hydrogen) atoms. The van der Waals surface area contributed by atoms with Crippen LogP contribution >= 0.6 is 0 Å². The maximum Gasteiger partial charge on any atom is 0.275 e. The van der Waals surface area contributed by atoms with Crippen molar-refractivity contribution in [3.63, 3.8) is 0 Å². The Labute approximate surface area is 102 Å². The molecule has 0 heterocycles. The van der Waals surface area contributed by atoms with Crippen molar-refractivity contribution >= 4 is 11.6 Å². The Morgan fingerprint density at radius 3 is 2.12 bits per heavy atom. The monoisotopic (exact) mass is 246 g/mol. The van der Waals surface area contributed by atoms with E-state index in [4.69, 9.17) is 0 Å². The molecule has 100 valence electrons. The van der Waals surface area contributed by atoms with E-state index in [-0.39, 0.29) is 6.42 Å². The molecule has 0 spiro atoms. The number of hydrogen-bond acceptors (Lipinski definition) is 3.